The van der Waals surface area contributed by atoms with Crippen molar-refractivity contribution >= 4 is 29.3 Å². The fourth-order valence-electron chi connectivity index (χ4n) is 2.85. The van der Waals surface area contributed by atoms with Gasteiger partial charge in [-0.15, -0.1) is 0 Å². The second-order valence-electron chi connectivity index (χ2n) is 6.70. The van der Waals surface area contributed by atoms with Crippen LogP contribution in [0, 0.1) is 6.92 Å². The highest BCUT2D eigenvalue weighted by molar-refractivity contribution is 6.30. The van der Waals surface area contributed by atoms with E-state index in [2.05, 4.69) is 15.3 Å². The maximum atomic E-state index is 12.1. The maximum absolute atomic E-state index is 12.1. The smallest absolute Gasteiger partial charge is 0.248 e. The molecule has 31 heavy (non-hydrogen) atoms. The minimum atomic E-state index is -0.230. The molecule has 0 saturated carbocycles. The Morgan fingerprint density at radius 3 is 2.45 bits per heavy atom. The molecule has 1 N–H and O–H groups in total. The van der Waals surface area contributed by atoms with E-state index in [4.69, 9.17) is 16.3 Å². The molecular formula is C24H19ClN4O2. The third-order valence-electron chi connectivity index (χ3n) is 4.31. The Morgan fingerprint density at radius 1 is 1.03 bits per heavy atom. The van der Waals surface area contributed by atoms with Crippen molar-refractivity contribution < 1.29 is 9.53 Å². The predicted molar refractivity (Wildman–Crippen MR) is 122 cm³/mol. The summed E-state index contributed by atoms with van der Waals surface area (Å²) in [6.07, 6.45) is 7.01. The number of hydrogen-bond acceptors (Lipinski definition) is 4. The average molecular weight is 431 g/mol. The first-order chi connectivity index (χ1) is 15.0. The van der Waals surface area contributed by atoms with Crippen molar-refractivity contribution in [3.05, 3.63) is 102 Å². The number of anilines is 1. The molecule has 0 bridgehead atoms. The summed E-state index contributed by atoms with van der Waals surface area (Å²) >= 11 is 5.86. The van der Waals surface area contributed by atoms with E-state index in [9.17, 15) is 4.79 Å². The molecular weight excluding hydrogens is 412 g/mol. The van der Waals surface area contributed by atoms with Crippen molar-refractivity contribution in [3.8, 4) is 17.4 Å². The van der Waals surface area contributed by atoms with Crippen molar-refractivity contribution in [1.29, 1.82) is 0 Å². The highest BCUT2D eigenvalue weighted by Gasteiger charge is 2.06. The molecule has 0 aliphatic heterocycles. The number of carbonyl (C=O) groups is 1. The van der Waals surface area contributed by atoms with Crippen LogP contribution in [0.2, 0.25) is 5.02 Å². The van der Waals surface area contributed by atoms with Crippen molar-refractivity contribution in [1.82, 2.24) is 14.5 Å². The van der Waals surface area contributed by atoms with Gasteiger partial charge < -0.3 is 14.6 Å². The third-order valence-corrected chi connectivity index (χ3v) is 4.56. The zero-order valence-electron chi connectivity index (χ0n) is 16.7. The molecule has 4 aromatic rings. The zero-order valence-corrected chi connectivity index (χ0v) is 17.5. The lowest BCUT2D eigenvalue weighted by Crippen LogP contribution is -2.07. The highest BCUT2D eigenvalue weighted by atomic mass is 35.5. The van der Waals surface area contributed by atoms with Gasteiger partial charge in [0, 0.05) is 35.2 Å². The van der Waals surface area contributed by atoms with Crippen LogP contribution in [0.5, 0.6) is 11.6 Å². The molecule has 1 amide bonds. The number of rotatable bonds is 6. The fraction of sp³-hybridized carbons (Fsp3) is 0.0417. The summed E-state index contributed by atoms with van der Waals surface area (Å²) in [5.74, 6) is 2.15. The number of hydrogen-bond donors (Lipinski definition) is 1. The first kappa shape index (κ1) is 20.4. The van der Waals surface area contributed by atoms with Gasteiger partial charge in [-0.1, -0.05) is 23.7 Å². The molecule has 0 aliphatic carbocycles. The van der Waals surface area contributed by atoms with E-state index in [1.54, 1.807) is 48.5 Å². The van der Waals surface area contributed by atoms with Gasteiger partial charge in [-0.3, -0.25) is 4.79 Å². The second kappa shape index (κ2) is 9.28. The lowest BCUT2D eigenvalue weighted by molar-refractivity contribution is -0.111. The molecule has 2 heterocycles. The molecule has 2 aromatic carbocycles. The van der Waals surface area contributed by atoms with Crippen LogP contribution >= 0.6 is 11.6 Å². The van der Waals surface area contributed by atoms with E-state index < -0.39 is 0 Å². The van der Waals surface area contributed by atoms with Crippen molar-refractivity contribution in [2.75, 3.05) is 5.32 Å². The predicted octanol–water partition coefficient (Wildman–Crippen LogP) is 5.67. The van der Waals surface area contributed by atoms with Gasteiger partial charge in [0.05, 0.1) is 0 Å². The van der Waals surface area contributed by atoms with E-state index in [0.717, 1.165) is 11.4 Å². The van der Waals surface area contributed by atoms with Crippen LogP contribution in [0.1, 0.15) is 11.4 Å². The monoisotopic (exact) mass is 430 g/mol. The largest absolute Gasteiger partial charge is 0.439 e. The number of halogens is 1. The maximum Gasteiger partial charge on any atom is 0.248 e. The normalized spacial score (nSPS) is 10.9. The summed E-state index contributed by atoms with van der Waals surface area (Å²) in [7, 11) is 0. The molecule has 0 spiro atoms. The summed E-state index contributed by atoms with van der Waals surface area (Å²) in [6, 6.07) is 19.9. The van der Waals surface area contributed by atoms with Crippen molar-refractivity contribution in [2.24, 2.45) is 0 Å². The summed E-state index contributed by atoms with van der Waals surface area (Å²) in [4.78, 5) is 20.9. The number of aromatic nitrogens is 3. The molecule has 0 aliphatic rings. The lowest BCUT2D eigenvalue weighted by atomic mass is 10.2. The number of amides is 1. The number of nitrogens with one attached hydrogen (secondary N) is 1. The van der Waals surface area contributed by atoms with Crippen molar-refractivity contribution in [2.45, 2.75) is 6.92 Å². The van der Waals surface area contributed by atoms with Gasteiger partial charge >= 0.3 is 0 Å². The number of carbonyl (C=O) groups excluding carboxylic acids is 1. The number of ether oxygens (including phenoxy) is 1. The first-order valence-electron chi connectivity index (χ1n) is 9.57. The van der Waals surface area contributed by atoms with Gasteiger partial charge in [-0.05, 0) is 67.1 Å². The Kier molecular flexibility index (Phi) is 6.10. The molecule has 0 atom stereocenters. The topological polar surface area (TPSA) is 69.0 Å². The minimum absolute atomic E-state index is 0.230. The fourth-order valence-corrected chi connectivity index (χ4v) is 2.98. The molecule has 2 aromatic heterocycles. The van der Waals surface area contributed by atoms with Crippen LogP contribution in [0.3, 0.4) is 0 Å². The van der Waals surface area contributed by atoms with Gasteiger partial charge in [-0.2, -0.15) is 4.98 Å². The first-order valence-corrected chi connectivity index (χ1v) is 9.94. The molecule has 154 valence electrons. The number of aryl methyl sites for hydroxylation is 1. The molecule has 6 nitrogen and oxygen atoms in total. The molecule has 0 unspecified atom stereocenters. The number of benzene rings is 2. The third kappa shape index (κ3) is 5.58. The van der Waals surface area contributed by atoms with Crippen LogP contribution in [-0.2, 0) is 4.79 Å². The van der Waals surface area contributed by atoms with Crippen LogP contribution < -0.4 is 10.1 Å². The Bertz CT molecular complexity index is 1200. The van der Waals surface area contributed by atoms with Gasteiger partial charge in [-0.25, -0.2) is 4.98 Å². The Balaban J connectivity index is 1.39. The van der Waals surface area contributed by atoms with E-state index in [1.165, 1.54) is 6.08 Å². The lowest BCUT2D eigenvalue weighted by Gasteiger charge is -2.09. The van der Waals surface area contributed by atoms with Gasteiger partial charge in [0.1, 0.15) is 17.4 Å². The SMILES string of the molecule is Cc1nc(Oc2ccc(NC(=O)/C=C/c3ccc(Cl)cc3)cc2)cc(-n2cccc2)n1. The Morgan fingerprint density at radius 2 is 1.74 bits per heavy atom. The van der Waals surface area contributed by atoms with E-state index >= 15 is 0 Å². The van der Waals surface area contributed by atoms with Crippen LogP contribution in [-0.4, -0.2) is 20.4 Å². The minimum Gasteiger partial charge on any atom is -0.439 e. The van der Waals surface area contributed by atoms with Crippen LogP contribution in [0.25, 0.3) is 11.9 Å². The average Bonchev–Trinajstić information content (AvgIpc) is 3.29. The summed E-state index contributed by atoms with van der Waals surface area (Å²) in [5, 5.41) is 3.47. The molecule has 0 fully saturated rings. The summed E-state index contributed by atoms with van der Waals surface area (Å²) < 4.78 is 7.76. The van der Waals surface area contributed by atoms with Gasteiger partial charge in [0.2, 0.25) is 11.8 Å². The summed E-state index contributed by atoms with van der Waals surface area (Å²) in [6.45, 7) is 1.82. The second-order valence-corrected chi connectivity index (χ2v) is 7.14. The molecule has 4 rings (SSSR count). The molecule has 7 heteroatoms. The Labute approximate surface area is 184 Å². The summed E-state index contributed by atoms with van der Waals surface area (Å²) in [5.41, 5.74) is 1.55. The number of nitrogens with zero attached hydrogens (tertiary/aromatic N) is 3. The van der Waals surface area contributed by atoms with E-state index in [-0.39, 0.29) is 5.91 Å². The van der Waals surface area contributed by atoms with Gasteiger partial charge in [0.25, 0.3) is 0 Å². The van der Waals surface area contributed by atoms with E-state index in [1.807, 2.05) is 48.1 Å². The van der Waals surface area contributed by atoms with Gasteiger partial charge in [0.15, 0.2) is 0 Å². The quantitative estimate of drug-likeness (QED) is 0.400. The molecule has 0 radical (unpaired) electrons. The van der Waals surface area contributed by atoms with Crippen molar-refractivity contribution in [3.63, 3.8) is 0 Å². The molecule has 0 saturated heterocycles. The standard InChI is InChI=1S/C24H19ClN4O2/c1-17-26-22(29-14-2-3-15-29)16-24(27-17)31-21-11-9-20(10-12-21)28-23(30)13-6-18-4-7-19(25)8-5-18/h2-16H,1H3,(H,28,30)/b13-6+. The van der Waals surface area contributed by atoms with Crippen LogP contribution in [0.15, 0.2) is 85.2 Å². The Hall–Kier alpha value is -3.90. The zero-order chi connectivity index (χ0) is 21.6. The van der Waals surface area contributed by atoms with Crippen LogP contribution in [0.4, 0.5) is 5.69 Å². The highest BCUT2D eigenvalue weighted by Crippen LogP contribution is 2.23. The van der Waals surface area contributed by atoms with E-state index in [0.29, 0.717) is 28.2 Å².